The lowest BCUT2D eigenvalue weighted by molar-refractivity contribution is -0.121. The maximum Gasteiger partial charge on any atom is 0.240 e. The topological polar surface area (TPSA) is 41.5 Å². The van der Waals surface area contributed by atoms with E-state index in [1.165, 1.54) is 44.9 Å². The van der Waals surface area contributed by atoms with Crippen LogP contribution in [-0.4, -0.2) is 12.1 Å². The minimum absolute atomic E-state index is 0.00621. The van der Waals surface area contributed by atoms with Gasteiger partial charge in [0.15, 0.2) is 0 Å². The summed E-state index contributed by atoms with van der Waals surface area (Å²) in [5.41, 5.74) is 4.76. The summed E-state index contributed by atoms with van der Waals surface area (Å²) in [6.07, 6.45) is 15.7. The van der Waals surface area contributed by atoms with Crippen LogP contribution in [0.15, 0.2) is 41.0 Å². The highest BCUT2D eigenvalue weighted by atomic mass is 16.2. The van der Waals surface area contributed by atoms with Crippen molar-refractivity contribution in [2.75, 3.05) is 0 Å². The zero-order chi connectivity index (χ0) is 18.2. The van der Waals surface area contributed by atoms with Gasteiger partial charge in [-0.3, -0.25) is 4.79 Å². The Labute approximate surface area is 153 Å². The second-order valence-electron chi connectivity index (χ2n) is 6.67. The molecule has 0 saturated heterocycles. The normalized spacial score (nSPS) is 11.8. The number of hydrogen-bond donors (Lipinski definition) is 1. The summed E-state index contributed by atoms with van der Waals surface area (Å²) >= 11 is 0. The van der Waals surface area contributed by atoms with Crippen LogP contribution in [0.2, 0.25) is 0 Å². The van der Waals surface area contributed by atoms with Gasteiger partial charge in [0.2, 0.25) is 5.91 Å². The van der Waals surface area contributed by atoms with Crippen molar-refractivity contribution in [1.29, 1.82) is 0 Å². The molecule has 138 valence electrons. The Bertz CT molecular complexity index is 520. The monoisotopic (exact) mass is 342 g/mol. The average molecular weight is 343 g/mol. The van der Waals surface area contributed by atoms with Gasteiger partial charge in [0.25, 0.3) is 0 Å². The molecule has 25 heavy (non-hydrogen) atoms. The van der Waals surface area contributed by atoms with Gasteiger partial charge in [-0.25, -0.2) is 5.43 Å². The van der Waals surface area contributed by atoms with E-state index < -0.39 is 0 Å². The standard InChI is InChI=1S/C22H34N2O/c1-3-4-5-6-7-8-9-10-14-17-22(25)24-23-19-20(2)18-21-15-12-11-13-16-21/h11-13,15-16,18-19H,3-10,14,17H2,1-2H3,(H,24,25). The van der Waals surface area contributed by atoms with Crippen molar-refractivity contribution < 1.29 is 4.79 Å². The van der Waals surface area contributed by atoms with E-state index in [2.05, 4.69) is 17.5 Å². The van der Waals surface area contributed by atoms with Crippen molar-refractivity contribution >= 4 is 18.2 Å². The number of amides is 1. The molecule has 0 aromatic heterocycles. The quantitative estimate of drug-likeness (QED) is 0.262. The van der Waals surface area contributed by atoms with Gasteiger partial charge in [-0.2, -0.15) is 5.10 Å². The van der Waals surface area contributed by atoms with Crippen LogP contribution in [-0.2, 0) is 4.79 Å². The Hall–Kier alpha value is -1.90. The van der Waals surface area contributed by atoms with E-state index in [0.29, 0.717) is 6.42 Å². The summed E-state index contributed by atoms with van der Waals surface area (Å²) in [6, 6.07) is 10.1. The fraction of sp³-hybridized carbons (Fsp3) is 0.545. The zero-order valence-electron chi connectivity index (χ0n) is 16.0. The molecule has 0 spiro atoms. The van der Waals surface area contributed by atoms with Gasteiger partial charge in [-0.1, -0.05) is 94.7 Å². The van der Waals surface area contributed by atoms with E-state index in [4.69, 9.17) is 0 Å². The molecule has 0 heterocycles. The van der Waals surface area contributed by atoms with Gasteiger partial charge < -0.3 is 0 Å². The number of benzene rings is 1. The summed E-state index contributed by atoms with van der Waals surface area (Å²) in [5, 5.41) is 4.03. The van der Waals surface area contributed by atoms with Crippen molar-refractivity contribution in [1.82, 2.24) is 5.43 Å². The first-order chi connectivity index (χ1) is 12.2. The Morgan fingerprint density at radius 2 is 1.56 bits per heavy atom. The second-order valence-corrected chi connectivity index (χ2v) is 6.67. The number of allylic oxidation sites excluding steroid dienone is 1. The maximum atomic E-state index is 11.7. The van der Waals surface area contributed by atoms with Crippen LogP contribution >= 0.6 is 0 Å². The SMILES string of the molecule is CCCCCCCCCCCC(=O)NN=CC(C)=Cc1ccccc1. The Morgan fingerprint density at radius 1 is 0.960 bits per heavy atom. The van der Waals surface area contributed by atoms with Gasteiger partial charge in [0, 0.05) is 6.42 Å². The third kappa shape index (κ3) is 12.2. The smallest absolute Gasteiger partial charge is 0.240 e. The highest BCUT2D eigenvalue weighted by Gasteiger charge is 1.99. The minimum Gasteiger partial charge on any atom is -0.273 e. The number of nitrogens with one attached hydrogen (secondary N) is 1. The molecule has 0 saturated carbocycles. The van der Waals surface area contributed by atoms with Gasteiger partial charge in [0.1, 0.15) is 0 Å². The van der Waals surface area contributed by atoms with E-state index in [0.717, 1.165) is 24.0 Å². The lowest BCUT2D eigenvalue weighted by Crippen LogP contribution is -2.16. The number of unbranched alkanes of at least 4 members (excludes halogenated alkanes) is 8. The molecule has 1 aromatic rings. The van der Waals surface area contributed by atoms with Crippen LogP contribution in [0.1, 0.15) is 83.6 Å². The molecule has 3 nitrogen and oxygen atoms in total. The average Bonchev–Trinajstić information content (AvgIpc) is 2.61. The van der Waals surface area contributed by atoms with E-state index in [-0.39, 0.29) is 5.91 Å². The van der Waals surface area contributed by atoms with Gasteiger partial charge in [-0.15, -0.1) is 0 Å². The number of carbonyl (C=O) groups is 1. The van der Waals surface area contributed by atoms with Crippen molar-refractivity contribution in [2.24, 2.45) is 5.10 Å². The predicted molar refractivity (Wildman–Crippen MR) is 109 cm³/mol. The van der Waals surface area contributed by atoms with E-state index in [1.807, 2.05) is 43.3 Å². The summed E-state index contributed by atoms with van der Waals surface area (Å²) in [4.78, 5) is 11.7. The van der Waals surface area contributed by atoms with Crippen molar-refractivity contribution in [3.8, 4) is 0 Å². The molecule has 1 aromatic carbocycles. The van der Waals surface area contributed by atoms with E-state index >= 15 is 0 Å². The highest BCUT2D eigenvalue weighted by molar-refractivity contribution is 5.86. The predicted octanol–water partition coefficient (Wildman–Crippen LogP) is 6.11. The molecule has 0 aliphatic carbocycles. The number of rotatable bonds is 13. The molecule has 1 N–H and O–H groups in total. The first kappa shape index (κ1) is 21.1. The van der Waals surface area contributed by atoms with E-state index in [1.54, 1.807) is 6.21 Å². The molecule has 0 unspecified atom stereocenters. The number of carbonyl (C=O) groups excluding carboxylic acids is 1. The molecular formula is C22H34N2O. The molecule has 0 fully saturated rings. The molecule has 0 atom stereocenters. The summed E-state index contributed by atoms with van der Waals surface area (Å²) in [5.74, 6) is 0.00621. The lowest BCUT2D eigenvalue weighted by Gasteiger charge is -2.02. The van der Waals surface area contributed by atoms with Crippen molar-refractivity contribution in [2.45, 2.75) is 78.1 Å². The third-order valence-electron chi connectivity index (χ3n) is 4.16. The van der Waals surface area contributed by atoms with Crippen molar-refractivity contribution in [3.63, 3.8) is 0 Å². The number of hydrogen-bond acceptors (Lipinski definition) is 2. The number of hydrazone groups is 1. The molecule has 0 aliphatic rings. The van der Waals surface area contributed by atoms with Gasteiger partial charge in [-0.05, 0) is 24.5 Å². The largest absolute Gasteiger partial charge is 0.273 e. The zero-order valence-corrected chi connectivity index (χ0v) is 16.0. The van der Waals surface area contributed by atoms with Gasteiger partial charge >= 0.3 is 0 Å². The second kappa shape index (κ2) is 14.4. The van der Waals surface area contributed by atoms with Crippen LogP contribution in [0.3, 0.4) is 0 Å². The molecule has 3 heteroatoms. The van der Waals surface area contributed by atoms with Crippen LogP contribution in [0.5, 0.6) is 0 Å². The molecule has 0 bridgehead atoms. The Morgan fingerprint density at radius 3 is 2.20 bits per heavy atom. The fourth-order valence-corrected chi connectivity index (χ4v) is 2.71. The molecule has 0 aliphatic heterocycles. The van der Waals surface area contributed by atoms with Gasteiger partial charge in [0.05, 0.1) is 6.21 Å². The first-order valence-corrected chi connectivity index (χ1v) is 9.77. The molecule has 1 rings (SSSR count). The summed E-state index contributed by atoms with van der Waals surface area (Å²) in [6.45, 7) is 4.22. The number of nitrogens with zero attached hydrogens (tertiary/aromatic N) is 1. The molecule has 1 amide bonds. The van der Waals surface area contributed by atoms with Crippen molar-refractivity contribution in [3.05, 3.63) is 41.5 Å². The highest BCUT2D eigenvalue weighted by Crippen LogP contribution is 2.10. The third-order valence-corrected chi connectivity index (χ3v) is 4.16. The van der Waals surface area contributed by atoms with E-state index in [9.17, 15) is 4.79 Å². The van der Waals surface area contributed by atoms with Crippen LogP contribution < -0.4 is 5.43 Å². The fourth-order valence-electron chi connectivity index (χ4n) is 2.71. The van der Waals surface area contributed by atoms with Crippen LogP contribution in [0.4, 0.5) is 0 Å². The van der Waals surface area contributed by atoms with Crippen LogP contribution in [0.25, 0.3) is 6.08 Å². The Kier molecular flexibility index (Phi) is 12.2. The van der Waals surface area contributed by atoms with Crippen LogP contribution in [0, 0.1) is 0 Å². The lowest BCUT2D eigenvalue weighted by atomic mass is 10.1. The molecule has 0 radical (unpaired) electrons. The molecular weight excluding hydrogens is 308 g/mol. The summed E-state index contributed by atoms with van der Waals surface area (Å²) < 4.78 is 0. The maximum absolute atomic E-state index is 11.7. The summed E-state index contributed by atoms with van der Waals surface area (Å²) in [7, 11) is 0. The minimum atomic E-state index is 0.00621. The Balaban J connectivity index is 2.06. The first-order valence-electron chi connectivity index (χ1n) is 9.77.